The molecule has 1 aromatic heterocycles. The van der Waals surface area contributed by atoms with Gasteiger partial charge in [-0.05, 0) is 42.6 Å². The molecule has 6 nitrogen and oxygen atoms in total. The maximum absolute atomic E-state index is 12.5. The Bertz CT molecular complexity index is 809. The summed E-state index contributed by atoms with van der Waals surface area (Å²) in [4.78, 5) is 13.8. The van der Waals surface area contributed by atoms with Gasteiger partial charge in [0.15, 0.2) is 0 Å². The molecule has 1 aliphatic heterocycles. The van der Waals surface area contributed by atoms with Gasteiger partial charge in [-0.25, -0.2) is 13.2 Å². The summed E-state index contributed by atoms with van der Waals surface area (Å²) in [5, 5.41) is 1.77. The van der Waals surface area contributed by atoms with Gasteiger partial charge in [0.2, 0.25) is 0 Å². The number of hydrogen-bond donors (Lipinski definition) is 0. The number of anilines is 1. The Morgan fingerprint density at radius 1 is 1.12 bits per heavy atom. The van der Waals surface area contributed by atoms with Gasteiger partial charge in [0.25, 0.3) is 10.0 Å². The molecule has 1 saturated heterocycles. The summed E-state index contributed by atoms with van der Waals surface area (Å²) in [6.45, 7) is 4.24. The van der Waals surface area contributed by atoms with Crippen LogP contribution in [0.1, 0.15) is 17.3 Å². The van der Waals surface area contributed by atoms with Gasteiger partial charge in [0.05, 0.1) is 12.2 Å². The first kappa shape index (κ1) is 17.9. The van der Waals surface area contributed by atoms with Crippen LogP contribution in [0.15, 0.2) is 46.0 Å². The van der Waals surface area contributed by atoms with Crippen LogP contribution in [0.2, 0.25) is 0 Å². The quantitative estimate of drug-likeness (QED) is 0.746. The van der Waals surface area contributed by atoms with E-state index in [1.807, 2.05) is 12.1 Å². The third-order valence-corrected chi connectivity index (χ3v) is 7.34. The van der Waals surface area contributed by atoms with E-state index in [0.717, 1.165) is 5.69 Å². The average molecular weight is 380 g/mol. The van der Waals surface area contributed by atoms with Crippen LogP contribution in [0.4, 0.5) is 5.69 Å². The predicted molar refractivity (Wildman–Crippen MR) is 97.7 cm³/mol. The molecule has 0 unspecified atom stereocenters. The molecule has 8 heteroatoms. The molecule has 0 spiro atoms. The molecule has 2 heterocycles. The molecule has 3 rings (SSSR count). The molecule has 0 amide bonds. The van der Waals surface area contributed by atoms with Gasteiger partial charge < -0.3 is 9.64 Å². The van der Waals surface area contributed by atoms with E-state index in [4.69, 9.17) is 4.74 Å². The molecule has 1 aliphatic rings. The van der Waals surface area contributed by atoms with Crippen LogP contribution in [0.5, 0.6) is 0 Å². The number of ether oxygens (including phenoxy) is 1. The minimum absolute atomic E-state index is 0.332. The lowest BCUT2D eigenvalue weighted by molar-refractivity contribution is 0.0526. The highest BCUT2D eigenvalue weighted by molar-refractivity contribution is 7.91. The highest BCUT2D eigenvalue weighted by atomic mass is 32.2. The van der Waals surface area contributed by atoms with Crippen molar-refractivity contribution >= 4 is 33.0 Å². The normalized spacial score (nSPS) is 16.0. The summed E-state index contributed by atoms with van der Waals surface area (Å²) < 4.78 is 32.0. The van der Waals surface area contributed by atoms with Crippen molar-refractivity contribution in [2.75, 3.05) is 37.7 Å². The summed E-state index contributed by atoms with van der Waals surface area (Å²) in [6, 6.07) is 10.6. The van der Waals surface area contributed by atoms with Gasteiger partial charge in [-0.15, -0.1) is 11.3 Å². The summed E-state index contributed by atoms with van der Waals surface area (Å²) in [5.41, 5.74) is 1.49. The van der Waals surface area contributed by atoms with Crippen molar-refractivity contribution in [1.29, 1.82) is 0 Å². The van der Waals surface area contributed by atoms with Crippen LogP contribution in [0.25, 0.3) is 0 Å². The van der Waals surface area contributed by atoms with Gasteiger partial charge in [-0.1, -0.05) is 6.07 Å². The average Bonchev–Trinajstić information content (AvgIpc) is 3.18. The summed E-state index contributed by atoms with van der Waals surface area (Å²) in [7, 11) is -3.38. The minimum Gasteiger partial charge on any atom is -0.462 e. The zero-order chi connectivity index (χ0) is 17.9. The topological polar surface area (TPSA) is 66.9 Å². The molecule has 0 atom stereocenters. The lowest BCUT2D eigenvalue weighted by Crippen LogP contribution is -2.48. The molecule has 1 fully saturated rings. The van der Waals surface area contributed by atoms with Crippen molar-refractivity contribution in [3.05, 3.63) is 47.3 Å². The Morgan fingerprint density at radius 2 is 1.80 bits per heavy atom. The van der Waals surface area contributed by atoms with Crippen molar-refractivity contribution in [3.63, 3.8) is 0 Å². The van der Waals surface area contributed by atoms with Gasteiger partial charge in [0, 0.05) is 31.9 Å². The molecule has 0 N–H and O–H groups in total. The van der Waals surface area contributed by atoms with E-state index in [2.05, 4.69) is 4.90 Å². The maximum Gasteiger partial charge on any atom is 0.338 e. The van der Waals surface area contributed by atoms with Crippen molar-refractivity contribution in [2.24, 2.45) is 0 Å². The number of hydrogen-bond acceptors (Lipinski definition) is 6. The van der Waals surface area contributed by atoms with Crippen LogP contribution in [0, 0.1) is 0 Å². The smallest absolute Gasteiger partial charge is 0.338 e. The Hall–Kier alpha value is -1.90. The number of rotatable bonds is 5. The van der Waals surface area contributed by atoms with Crippen LogP contribution in [-0.4, -0.2) is 51.5 Å². The minimum atomic E-state index is -3.38. The lowest BCUT2D eigenvalue weighted by atomic mass is 10.2. The van der Waals surface area contributed by atoms with Crippen molar-refractivity contribution in [2.45, 2.75) is 11.1 Å². The van der Waals surface area contributed by atoms with Gasteiger partial charge in [-0.2, -0.15) is 4.31 Å². The van der Waals surface area contributed by atoms with Crippen LogP contribution in [-0.2, 0) is 14.8 Å². The van der Waals surface area contributed by atoms with Crippen LogP contribution < -0.4 is 4.90 Å². The van der Waals surface area contributed by atoms with Crippen LogP contribution in [0.3, 0.4) is 0 Å². The fraction of sp³-hybridized carbons (Fsp3) is 0.353. The Balaban J connectivity index is 1.63. The molecule has 25 heavy (non-hydrogen) atoms. The Kier molecular flexibility index (Phi) is 5.41. The number of nitrogens with zero attached hydrogens (tertiary/aromatic N) is 2. The lowest BCUT2D eigenvalue weighted by Gasteiger charge is -2.35. The van der Waals surface area contributed by atoms with Crippen molar-refractivity contribution in [1.82, 2.24) is 4.31 Å². The maximum atomic E-state index is 12.5. The second-order valence-corrected chi connectivity index (χ2v) is 8.70. The third kappa shape index (κ3) is 3.86. The number of carbonyl (C=O) groups excluding carboxylic acids is 1. The zero-order valence-corrected chi connectivity index (χ0v) is 15.6. The summed E-state index contributed by atoms with van der Waals surface area (Å²) >= 11 is 1.24. The number of piperazine rings is 1. The number of benzene rings is 1. The van der Waals surface area contributed by atoms with Gasteiger partial charge in [0.1, 0.15) is 4.21 Å². The van der Waals surface area contributed by atoms with E-state index in [0.29, 0.717) is 42.6 Å². The third-order valence-electron chi connectivity index (χ3n) is 4.07. The molecule has 2 aromatic rings. The monoisotopic (exact) mass is 380 g/mol. The largest absolute Gasteiger partial charge is 0.462 e. The Labute approximate surface area is 151 Å². The van der Waals surface area contributed by atoms with E-state index in [1.165, 1.54) is 15.6 Å². The molecule has 0 bridgehead atoms. The van der Waals surface area contributed by atoms with E-state index in [-0.39, 0.29) is 5.97 Å². The fourth-order valence-corrected chi connectivity index (χ4v) is 5.31. The number of esters is 1. The SMILES string of the molecule is CCOC(=O)c1ccc(N2CCN(S(=O)(=O)c3cccs3)CC2)cc1. The summed E-state index contributed by atoms with van der Waals surface area (Å²) in [5.74, 6) is -0.332. The van der Waals surface area contributed by atoms with E-state index < -0.39 is 10.0 Å². The highest BCUT2D eigenvalue weighted by Crippen LogP contribution is 2.24. The molecular weight excluding hydrogens is 360 g/mol. The predicted octanol–water partition coefficient (Wildman–Crippen LogP) is 2.44. The molecular formula is C17H20N2O4S2. The molecule has 0 radical (unpaired) electrons. The zero-order valence-electron chi connectivity index (χ0n) is 13.9. The van der Waals surface area contributed by atoms with Crippen molar-refractivity contribution < 1.29 is 17.9 Å². The van der Waals surface area contributed by atoms with Gasteiger partial charge in [-0.3, -0.25) is 0 Å². The first-order valence-corrected chi connectivity index (χ1v) is 10.4. The number of sulfonamides is 1. The number of carbonyl (C=O) groups is 1. The Morgan fingerprint density at radius 3 is 2.36 bits per heavy atom. The van der Waals surface area contributed by atoms with Crippen LogP contribution >= 0.6 is 11.3 Å². The van der Waals surface area contributed by atoms with E-state index >= 15 is 0 Å². The first-order valence-electron chi connectivity index (χ1n) is 8.08. The van der Waals surface area contributed by atoms with Crippen molar-refractivity contribution in [3.8, 4) is 0 Å². The second-order valence-electron chi connectivity index (χ2n) is 5.59. The fourth-order valence-electron chi connectivity index (χ4n) is 2.75. The summed E-state index contributed by atoms with van der Waals surface area (Å²) in [6.07, 6.45) is 0. The second kappa shape index (κ2) is 7.55. The highest BCUT2D eigenvalue weighted by Gasteiger charge is 2.29. The van der Waals surface area contributed by atoms with Gasteiger partial charge >= 0.3 is 5.97 Å². The first-order chi connectivity index (χ1) is 12.0. The van der Waals surface area contributed by atoms with E-state index in [9.17, 15) is 13.2 Å². The number of thiophene rings is 1. The molecule has 0 aliphatic carbocycles. The molecule has 134 valence electrons. The van der Waals surface area contributed by atoms with E-state index in [1.54, 1.807) is 36.6 Å². The molecule has 1 aromatic carbocycles. The standard InChI is InChI=1S/C17H20N2O4S2/c1-2-23-17(20)14-5-7-15(8-6-14)18-9-11-19(12-10-18)25(21,22)16-4-3-13-24-16/h3-8,13H,2,9-12H2,1H3. The molecule has 0 saturated carbocycles.